The molecule has 0 aromatic heterocycles. The van der Waals surface area contributed by atoms with Gasteiger partial charge in [-0.3, -0.25) is 9.59 Å². The minimum Gasteiger partial charge on any atom is -0.481 e. The molecule has 0 saturated heterocycles. The highest BCUT2D eigenvalue weighted by molar-refractivity contribution is 9.10. The molecule has 2 rings (SSSR count). The minimum absolute atomic E-state index is 0.0781. The fraction of sp³-hybridized carbons (Fsp3) is 0.429. The molecule has 108 valence electrons. The number of carbonyl (C=O) groups is 2. The van der Waals surface area contributed by atoms with E-state index in [1.807, 2.05) is 0 Å². The predicted molar refractivity (Wildman–Crippen MR) is 75.9 cm³/mol. The zero-order valence-electron chi connectivity index (χ0n) is 10.8. The molecule has 1 aromatic carbocycles. The standard InChI is InChI=1S/C14H15BrFNO3/c15-10-4-3-9(16)7-11(10)17-12(18)8-14(13(19)20)5-1-2-6-14/h3-4,7H,1-2,5-6,8H2,(H,17,18)(H,19,20). The molecule has 0 unspecified atom stereocenters. The van der Waals surface area contributed by atoms with Gasteiger partial charge < -0.3 is 10.4 Å². The summed E-state index contributed by atoms with van der Waals surface area (Å²) in [5, 5.41) is 11.9. The molecule has 1 fully saturated rings. The van der Waals surface area contributed by atoms with Crippen LogP contribution < -0.4 is 5.32 Å². The fourth-order valence-electron chi connectivity index (χ4n) is 2.61. The molecule has 1 saturated carbocycles. The molecule has 1 aromatic rings. The van der Waals surface area contributed by atoms with Crippen LogP contribution in [0.15, 0.2) is 22.7 Å². The largest absolute Gasteiger partial charge is 0.481 e. The van der Waals surface area contributed by atoms with Gasteiger partial charge in [0.05, 0.1) is 11.1 Å². The first-order chi connectivity index (χ1) is 9.43. The Morgan fingerprint density at radius 2 is 2.00 bits per heavy atom. The molecular formula is C14H15BrFNO3. The van der Waals surface area contributed by atoms with Gasteiger partial charge in [0.25, 0.3) is 0 Å². The zero-order chi connectivity index (χ0) is 14.8. The van der Waals surface area contributed by atoms with Crippen molar-refractivity contribution in [1.29, 1.82) is 0 Å². The molecule has 0 aliphatic heterocycles. The summed E-state index contributed by atoms with van der Waals surface area (Å²) in [5.41, 5.74) is -0.655. The molecule has 20 heavy (non-hydrogen) atoms. The Balaban J connectivity index is 2.08. The van der Waals surface area contributed by atoms with Gasteiger partial charge >= 0.3 is 5.97 Å². The van der Waals surface area contributed by atoms with E-state index in [1.54, 1.807) is 0 Å². The van der Waals surface area contributed by atoms with Gasteiger partial charge in [0, 0.05) is 10.9 Å². The lowest BCUT2D eigenvalue weighted by atomic mass is 9.82. The van der Waals surface area contributed by atoms with Crippen LogP contribution in [-0.2, 0) is 9.59 Å². The molecule has 0 heterocycles. The van der Waals surface area contributed by atoms with Crippen LogP contribution in [0.2, 0.25) is 0 Å². The second kappa shape index (κ2) is 5.91. The third-order valence-corrected chi connectivity index (χ3v) is 4.41. The van der Waals surface area contributed by atoms with Crippen LogP contribution in [0.25, 0.3) is 0 Å². The number of carboxylic acids is 1. The van der Waals surface area contributed by atoms with Crippen molar-refractivity contribution in [1.82, 2.24) is 0 Å². The van der Waals surface area contributed by atoms with E-state index in [1.165, 1.54) is 18.2 Å². The average Bonchev–Trinajstić information content (AvgIpc) is 2.83. The predicted octanol–water partition coefficient (Wildman–Crippen LogP) is 3.56. The van der Waals surface area contributed by atoms with E-state index in [2.05, 4.69) is 21.2 Å². The van der Waals surface area contributed by atoms with Gasteiger partial charge in [-0.05, 0) is 47.0 Å². The van der Waals surface area contributed by atoms with E-state index < -0.39 is 23.1 Å². The second-order valence-corrected chi connectivity index (χ2v) is 6.00. The normalized spacial score (nSPS) is 16.9. The monoisotopic (exact) mass is 343 g/mol. The zero-order valence-corrected chi connectivity index (χ0v) is 12.4. The Morgan fingerprint density at radius 3 is 2.60 bits per heavy atom. The number of benzene rings is 1. The van der Waals surface area contributed by atoms with E-state index in [-0.39, 0.29) is 6.42 Å². The fourth-order valence-corrected chi connectivity index (χ4v) is 2.96. The first kappa shape index (κ1) is 15.0. The summed E-state index contributed by atoms with van der Waals surface area (Å²) < 4.78 is 13.7. The van der Waals surface area contributed by atoms with E-state index >= 15 is 0 Å². The average molecular weight is 344 g/mol. The Hall–Kier alpha value is -1.43. The van der Waals surface area contributed by atoms with Crippen molar-refractivity contribution in [3.63, 3.8) is 0 Å². The van der Waals surface area contributed by atoms with Crippen molar-refractivity contribution >= 4 is 33.5 Å². The molecule has 0 radical (unpaired) electrons. The molecule has 1 amide bonds. The number of halogens is 2. The van der Waals surface area contributed by atoms with Crippen LogP contribution in [0.5, 0.6) is 0 Å². The smallest absolute Gasteiger partial charge is 0.310 e. The summed E-state index contributed by atoms with van der Waals surface area (Å²) >= 11 is 3.22. The van der Waals surface area contributed by atoms with Crippen LogP contribution >= 0.6 is 15.9 Å². The van der Waals surface area contributed by atoms with Crippen LogP contribution in [0, 0.1) is 11.2 Å². The number of aliphatic carboxylic acids is 1. The van der Waals surface area contributed by atoms with Crippen LogP contribution in [-0.4, -0.2) is 17.0 Å². The Bertz CT molecular complexity index is 541. The Labute approximate surface area is 124 Å². The van der Waals surface area contributed by atoms with Gasteiger partial charge in [0.1, 0.15) is 5.82 Å². The highest BCUT2D eigenvalue weighted by Crippen LogP contribution is 2.41. The van der Waals surface area contributed by atoms with Crippen molar-refractivity contribution in [2.45, 2.75) is 32.1 Å². The number of rotatable bonds is 4. The summed E-state index contributed by atoms with van der Waals surface area (Å²) in [5.74, 6) is -1.79. The molecule has 0 spiro atoms. The maximum absolute atomic E-state index is 13.1. The van der Waals surface area contributed by atoms with Gasteiger partial charge in [0.15, 0.2) is 0 Å². The van der Waals surface area contributed by atoms with Gasteiger partial charge in [-0.1, -0.05) is 12.8 Å². The summed E-state index contributed by atoms with van der Waals surface area (Å²) in [4.78, 5) is 23.4. The molecule has 1 aliphatic rings. The second-order valence-electron chi connectivity index (χ2n) is 5.14. The van der Waals surface area contributed by atoms with E-state index in [9.17, 15) is 19.1 Å². The maximum Gasteiger partial charge on any atom is 0.310 e. The lowest BCUT2D eigenvalue weighted by molar-refractivity contribution is -0.150. The summed E-state index contributed by atoms with van der Waals surface area (Å²) in [6, 6.07) is 3.97. The van der Waals surface area contributed by atoms with Crippen molar-refractivity contribution in [2.75, 3.05) is 5.32 Å². The number of anilines is 1. The molecule has 0 bridgehead atoms. The van der Waals surface area contributed by atoms with Gasteiger partial charge in [-0.25, -0.2) is 4.39 Å². The van der Waals surface area contributed by atoms with E-state index in [0.717, 1.165) is 12.8 Å². The van der Waals surface area contributed by atoms with Crippen molar-refractivity contribution in [2.24, 2.45) is 5.41 Å². The number of amides is 1. The molecule has 1 aliphatic carbocycles. The van der Waals surface area contributed by atoms with Crippen molar-refractivity contribution in [3.05, 3.63) is 28.5 Å². The minimum atomic E-state index is -0.968. The van der Waals surface area contributed by atoms with E-state index in [4.69, 9.17) is 0 Å². The van der Waals surface area contributed by atoms with Crippen LogP contribution in [0.4, 0.5) is 10.1 Å². The number of nitrogens with one attached hydrogen (secondary N) is 1. The lowest BCUT2D eigenvalue weighted by Gasteiger charge is -2.23. The Morgan fingerprint density at radius 1 is 1.35 bits per heavy atom. The van der Waals surface area contributed by atoms with Crippen LogP contribution in [0.3, 0.4) is 0 Å². The Kier molecular flexibility index (Phi) is 4.42. The summed E-state index contributed by atoms with van der Waals surface area (Å²) in [7, 11) is 0. The highest BCUT2D eigenvalue weighted by atomic mass is 79.9. The molecular weight excluding hydrogens is 329 g/mol. The molecule has 2 N–H and O–H groups in total. The van der Waals surface area contributed by atoms with Gasteiger partial charge in [-0.2, -0.15) is 0 Å². The van der Waals surface area contributed by atoms with Crippen molar-refractivity contribution in [3.8, 4) is 0 Å². The topological polar surface area (TPSA) is 66.4 Å². The van der Waals surface area contributed by atoms with Gasteiger partial charge in [-0.15, -0.1) is 0 Å². The maximum atomic E-state index is 13.1. The quantitative estimate of drug-likeness (QED) is 0.878. The number of hydrogen-bond donors (Lipinski definition) is 2. The molecule has 4 nitrogen and oxygen atoms in total. The van der Waals surface area contributed by atoms with Gasteiger partial charge in [0.2, 0.25) is 5.91 Å². The number of carbonyl (C=O) groups excluding carboxylic acids is 1. The third kappa shape index (κ3) is 3.17. The summed E-state index contributed by atoms with van der Waals surface area (Å²) in [6.07, 6.45) is 2.60. The first-order valence-corrected chi connectivity index (χ1v) is 7.21. The summed E-state index contributed by atoms with van der Waals surface area (Å²) in [6.45, 7) is 0. The SMILES string of the molecule is O=C(CC1(C(=O)O)CCCC1)Nc1cc(F)ccc1Br. The lowest BCUT2D eigenvalue weighted by Crippen LogP contribution is -2.32. The highest BCUT2D eigenvalue weighted by Gasteiger charge is 2.43. The van der Waals surface area contributed by atoms with E-state index in [0.29, 0.717) is 23.0 Å². The van der Waals surface area contributed by atoms with Crippen LogP contribution in [0.1, 0.15) is 32.1 Å². The number of hydrogen-bond acceptors (Lipinski definition) is 2. The first-order valence-electron chi connectivity index (χ1n) is 6.41. The third-order valence-electron chi connectivity index (χ3n) is 3.72. The number of carboxylic acid groups (broad SMARTS) is 1. The molecule has 0 atom stereocenters. The van der Waals surface area contributed by atoms with Crippen molar-refractivity contribution < 1.29 is 19.1 Å². The molecule has 6 heteroatoms.